The summed E-state index contributed by atoms with van der Waals surface area (Å²) < 4.78 is 40.8. The maximum atomic E-state index is 15.3. The summed E-state index contributed by atoms with van der Waals surface area (Å²) >= 11 is 0. The van der Waals surface area contributed by atoms with Crippen molar-refractivity contribution in [1.29, 1.82) is 0 Å². The number of hydrogen-bond donors (Lipinski definition) is 0. The number of alkyl halides is 1. The van der Waals surface area contributed by atoms with E-state index >= 15 is 4.39 Å². The van der Waals surface area contributed by atoms with E-state index in [9.17, 15) is 4.79 Å². The van der Waals surface area contributed by atoms with Gasteiger partial charge in [0.1, 0.15) is 17.5 Å². The minimum Gasteiger partial charge on any atom is -0.497 e. The molecule has 0 N–H and O–H groups in total. The largest absolute Gasteiger partial charge is 0.497 e. The van der Waals surface area contributed by atoms with Crippen LogP contribution in [-0.4, -0.2) is 41.6 Å². The summed E-state index contributed by atoms with van der Waals surface area (Å²) in [7, 11) is 1.62. The van der Waals surface area contributed by atoms with E-state index in [0.29, 0.717) is 0 Å². The van der Waals surface area contributed by atoms with Gasteiger partial charge in [-0.1, -0.05) is 72.8 Å². The molecule has 6 rings (SSSR count). The van der Waals surface area contributed by atoms with E-state index in [-0.39, 0.29) is 12.6 Å². The number of halogens is 1. The lowest BCUT2D eigenvalue weighted by Crippen LogP contribution is -2.43. The summed E-state index contributed by atoms with van der Waals surface area (Å²) in [5, 5.41) is 0. The van der Waals surface area contributed by atoms with E-state index < -0.39 is 35.8 Å². The third-order valence-corrected chi connectivity index (χ3v) is 6.91. The van der Waals surface area contributed by atoms with Gasteiger partial charge >= 0.3 is 6.01 Å². The third-order valence-electron chi connectivity index (χ3n) is 6.91. The average molecular weight is 501 g/mol. The van der Waals surface area contributed by atoms with Gasteiger partial charge in [0.2, 0.25) is 0 Å². The first kappa shape index (κ1) is 23.4. The van der Waals surface area contributed by atoms with Crippen LogP contribution in [0.1, 0.15) is 22.9 Å². The van der Waals surface area contributed by atoms with E-state index in [4.69, 9.17) is 18.9 Å². The summed E-state index contributed by atoms with van der Waals surface area (Å²) in [6.45, 7) is 0.0240. The lowest BCUT2D eigenvalue weighted by atomic mass is 9.80. The summed E-state index contributed by atoms with van der Waals surface area (Å²) in [6.07, 6.45) is -2.63. The molecule has 1 saturated heterocycles. The Kier molecular flexibility index (Phi) is 5.98. The number of rotatable bonds is 7. The van der Waals surface area contributed by atoms with Gasteiger partial charge in [-0.15, -0.1) is 0 Å². The summed E-state index contributed by atoms with van der Waals surface area (Å²) in [6, 6.07) is 28.8. The summed E-state index contributed by atoms with van der Waals surface area (Å²) in [5.74, 6) is 0.723. The van der Waals surface area contributed by atoms with E-state index in [2.05, 4.69) is 4.98 Å². The van der Waals surface area contributed by atoms with Crippen LogP contribution in [0.25, 0.3) is 0 Å². The Morgan fingerprint density at radius 3 is 2.16 bits per heavy atom. The van der Waals surface area contributed by atoms with Gasteiger partial charge in [0.25, 0.3) is 5.56 Å². The van der Waals surface area contributed by atoms with Gasteiger partial charge in [-0.3, -0.25) is 9.36 Å². The van der Waals surface area contributed by atoms with Gasteiger partial charge in [-0.25, -0.2) is 4.39 Å². The van der Waals surface area contributed by atoms with Crippen LogP contribution in [0.5, 0.6) is 11.8 Å². The van der Waals surface area contributed by atoms with Crippen molar-refractivity contribution < 1.29 is 23.3 Å². The fourth-order valence-corrected chi connectivity index (χ4v) is 5.12. The van der Waals surface area contributed by atoms with Gasteiger partial charge < -0.3 is 18.9 Å². The Morgan fingerprint density at radius 2 is 1.54 bits per heavy atom. The Hall–Kier alpha value is -4.01. The maximum Gasteiger partial charge on any atom is 0.302 e. The minimum absolute atomic E-state index is 0.0240. The molecule has 4 aromatic rings. The van der Waals surface area contributed by atoms with Crippen LogP contribution in [0.4, 0.5) is 4.39 Å². The molecule has 2 aliphatic rings. The molecule has 37 heavy (non-hydrogen) atoms. The SMILES string of the molecule is COc1ccc(C(OC[C@H]2O[C@@H]3[C@@H](F)[C@H]2Oc2nc(=O)ccn23)(c2ccccc2)c2ccccc2)cc1. The molecule has 1 aromatic heterocycles. The number of hydrogen-bond acceptors (Lipinski definition) is 6. The molecule has 0 aliphatic carbocycles. The molecule has 2 bridgehead atoms. The molecule has 188 valence electrons. The van der Waals surface area contributed by atoms with E-state index in [0.717, 1.165) is 22.4 Å². The monoisotopic (exact) mass is 500 g/mol. The van der Waals surface area contributed by atoms with Crippen molar-refractivity contribution >= 4 is 0 Å². The van der Waals surface area contributed by atoms with Crippen molar-refractivity contribution in [2.45, 2.75) is 30.2 Å². The Balaban J connectivity index is 1.40. The highest BCUT2D eigenvalue weighted by Gasteiger charge is 2.53. The third kappa shape index (κ3) is 3.98. The fraction of sp³-hybridized carbons (Fsp3) is 0.241. The average Bonchev–Trinajstić information content (AvgIpc) is 3.15. The molecule has 0 amide bonds. The number of methoxy groups -OCH3 is 1. The van der Waals surface area contributed by atoms with Crippen molar-refractivity contribution in [3.8, 4) is 11.8 Å². The first-order valence-corrected chi connectivity index (χ1v) is 12.0. The first-order valence-electron chi connectivity index (χ1n) is 12.0. The molecule has 3 heterocycles. The van der Waals surface area contributed by atoms with Gasteiger partial charge in [0.05, 0.1) is 13.7 Å². The lowest BCUT2D eigenvalue weighted by Gasteiger charge is -2.37. The Labute approximate surface area is 213 Å². The molecule has 0 spiro atoms. The number of benzene rings is 3. The smallest absolute Gasteiger partial charge is 0.302 e. The quantitative estimate of drug-likeness (QED) is 0.353. The highest BCUT2D eigenvalue weighted by atomic mass is 19.1. The molecular formula is C29H25FN2O5. The summed E-state index contributed by atoms with van der Waals surface area (Å²) in [4.78, 5) is 15.6. The molecule has 8 heteroatoms. The highest BCUT2D eigenvalue weighted by Crippen LogP contribution is 2.44. The van der Waals surface area contributed by atoms with E-state index in [1.54, 1.807) is 7.11 Å². The second kappa shape index (κ2) is 9.46. The second-order valence-electron chi connectivity index (χ2n) is 9.00. The Morgan fingerprint density at radius 1 is 0.919 bits per heavy atom. The number of aromatic nitrogens is 2. The molecule has 7 nitrogen and oxygen atoms in total. The Bertz CT molecular complexity index is 1390. The zero-order valence-corrected chi connectivity index (χ0v) is 20.1. The normalized spacial score (nSPS) is 22.2. The number of fused-ring (bicyclic) bond motifs is 4. The fourth-order valence-electron chi connectivity index (χ4n) is 5.12. The van der Waals surface area contributed by atoms with Crippen LogP contribution < -0.4 is 15.0 Å². The van der Waals surface area contributed by atoms with Crippen LogP contribution >= 0.6 is 0 Å². The number of ether oxygens (including phenoxy) is 4. The van der Waals surface area contributed by atoms with Crippen LogP contribution in [0.3, 0.4) is 0 Å². The zero-order valence-electron chi connectivity index (χ0n) is 20.1. The zero-order chi connectivity index (χ0) is 25.4. The van der Waals surface area contributed by atoms with Crippen molar-refractivity contribution in [3.05, 3.63) is 124 Å². The maximum absolute atomic E-state index is 15.3. The topological polar surface area (TPSA) is 71.8 Å². The highest BCUT2D eigenvalue weighted by molar-refractivity contribution is 5.48. The van der Waals surface area contributed by atoms with Gasteiger partial charge in [0.15, 0.2) is 18.5 Å². The lowest BCUT2D eigenvalue weighted by molar-refractivity contribution is -0.0830. The molecule has 0 radical (unpaired) electrons. The van der Waals surface area contributed by atoms with Gasteiger partial charge in [0, 0.05) is 12.3 Å². The van der Waals surface area contributed by atoms with Crippen LogP contribution in [0, 0.1) is 0 Å². The van der Waals surface area contributed by atoms with Crippen molar-refractivity contribution in [1.82, 2.24) is 9.55 Å². The first-order chi connectivity index (χ1) is 18.1. The standard InChI is InChI=1S/C29H25FN2O5/c1-34-22-14-12-21(13-15-22)29(19-8-4-2-5-9-19,20-10-6-3-7-11-20)35-18-23-26-25(30)27(36-23)32-17-16-24(33)31-28(32)37-26/h2-17,23,25-27H,18H2,1H3/t23-,25+,26+,27-/m1/s1. The van der Waals surface area contributed by atoms with Crippen molar-refractivity contribution in [3.63, 3.8) is 0 Å². The predicted octanol–water partition coefficient (Wildman–Crippen LogP) is 4.26. The molecule has 3 aromatic carbocycles. The molecular weight excluding hydrogens is 475 g/mol. The molecule has 0 unspecified atom stereocenters. The second-order valence-corrected chi connectivity index (χ2v) is 9.00. The van der Waals surface area contributed by atoms with Crippen LogP contribution in [0.15, 0.2) is 102 Å². The van der Waals surface area contributed by atoms with Gasteiger partial charge in [-0.05, 0) is 28.8 Å². The van der Waals surface area contributed by atoms with Crippen molar-refractivity contribution in [2.75, 3.05) is 13.7 Å². The van der Waals surface area contributed by atoms with Crippen LogP contribution in [0.2, 0.25) is 0 Å². The summed E-state index contributed by atoms with van der Waals surface area (Å²) in [5.41, 5.74) is 1.20. The van der Waals surface area contributed by atoms with E-state index in [1.807, 2.05) is 84.9 Å². The molecule has 2 aliphatic heterocycles. The van der Waals surface area contributed by atoms with Crippen molar-refractivity contribution in [2.24, 2.45) is 0 Å². The predicted molar refractivity (Wildman–Crippen MR) is 133 cm³/mol. The van der Waals surface area contributed by atoms with E-state index in [1.165, 1.54) is 16.8 Å². The number of nitrogens with zero attached hydrogens (tertiary/aromatic N) is 2. The molecule has 1 fully saturated rings. The van der Waals surface area contributed by atoms with Gasteiger partial charge in [-0.2, -0.15) is 4.98 Å². The van der Waals surface area contributed by atoms with Crippen LogP contribution in [-0.2, 0) is 15.1 Å². The molecule has 0 saturated carbocycles. The molecule has 4 atom stereocenters. The minimum atomic E-state index is -1.44.